The van der Waals surface area contributed by atoms with E-state index in [1.807, 2.05) is 51.1 Å². The molecule has 3 N–H and O–H groups in total. The lowest BCUT2D eigenvalue weighted by atomic mass is 10.1. The van der Waals surface area contributed by atoms with E-state index in [1.165, 1.54) is 0 Å². The van der Waals surface area contributed by atoms with Crippen molar-refractivity contribution in [3.8, 4) is 11.3 Å². The van der Waals surface area contributed by atoms with Gasteiger partial charge in [-0.1, -0.05) is 11.6 Å². The molecule has 5 heteroatoms. The van der Waals surface area contributed by atoms with Crippen LogP contribution >= 0.6 is 11.6 Å². The summed E-state index contributed by atoms with van der Waals surface area (Å²) in [4.78, 5) is 15.5. The quantitative estimate of drug-likeness (QED) is 0.507. The summed E-state index contributed by atoms with van der Waals surface area (Å²) >= 11 is 6.02. The average molecular weight is 343 g/mol. The number of hydrogen-bond donors (Lipinski definition) is 2. The van der Waals surface area contributed by atoms with E-state index in [0.717, 1.165) is 22.2 Å². The van der Waals surface area contributed by atoms with Crippen LogP contribution in [-0.2, 0) is 4.74 Å². The lowest BCUT2D eigenvalue weighted by Crippen LogP contribution is -2.23. The van der Waals surface area contributed by atoms with Gasteiger partial charge in [-0.2, -0.15) is 0 Å². The molecule has 0 radical (unpaired) electrons. The fourth-order valence-electron chi connectivity index (χ4n) is 2.52. The molecule has 0 saturated carbocycles. The fourth-order valence-corrected chi connectivity index (χ4v) is 2.70. The van der Waals surface area contributed by atoms with Gasteiger partial charge < -0.3 is 15.5 Å². The smallest absolute Gasteiger partial charge is 0.338 e. The molecule has 3 rings (SSSR count). The third-order valence-electron chi connectivity index (χ3n) is 3.56. The summed E-state index contributed by atoms with van der Waals surface area (Å²) in [6.45, 7) is 5.49. The zero-order valence-corrected chi connectivity index (χ0v) is 14.6. The highest BCUT2D eigenvalue weighted by atomic mass is 35.5. The number of esters is 1. The first-order valence-electron chi connectivity index (χ1n) is 7.64. The number of anilines is 1. The highest BCUT2D eigenvalue weighted by molar-refractivity contribution is 6.31. The summed E-state index contributed by atoms with van der Waals surface area (Å²) < 4.78 is 5.37. The van der Waals surface area contributed by atoms with E-state index in [2.05, 4.69) is 4.98 Å². The van der Waals surface area contributed by atoms with Crippen molar-refractivity contribution in [3.05, 3.63) is 53.1 Å². The first-order valence-corrected chi connectivity index (χ1v) is 8.02. The Balaban J connectivity index is 1.95. The van der Waals surface area contributed by atoms with E-state index < -0.39 is 5.60 Å². The zero-order chi connectivity index (χ0) is 17.5. The van der Waals surface area contributed by atoms with E-state index in [0.29, 0.717) is 16.3 Å². The second-order valence-electron chi connectivity index (χ2n) is 6.72. The highest BCUT2D eigenvalue weighted by Crippen LogP contribution is 2.30. The van der Waals surface area contributed by atoms with Gasteiger partial charge in [-0.25, -0.2) is 4.79 Å². The maximum atomic E-state index is 12.1. The number of carbonyl (C=O) groups is 1. The van der Waals surface area contributed by atoms with Gasteiger partial charge in [0.05, 0.1) is 5.56 Å². The third-order valence-corrected chi connectivity index (χ3v) is 3.79. The van der Waals surface area contributed by atoms with Crippen molar-refractivity contribution in [1.29, 1.82) is 0 Å². The Morgan fingerprint density at radius 1 is 1.12 bits per heavy atom. The second kappa shape index (κ2) is 5.87. The van der Waals surface area contributed by atoms with Crippen LogP contribution < -0.4 is 5.73 Å². The predicted octanol–water partition coefficient (Wildman–Crippen LogP) is 5.03. The molecule has 0 atom stereocenters. The van der Waals surface area contributed by atoms with Crippen molar-refractivity contribution in [2.45, 2.75) is 26.4 Å². The number of nitrogens with one attached hydrogen (secondary N) is 1. The summed E-state index contributed by atoms with van der Waals surface area (Å²) in [7, 11) is 0. The summed E-state index contributed by atoms with van der Waals surface area (Å²) in [6.07, 6.45) is 0. The molecule has 124 valence electrons. The van der Waals surface area contributed by atoms with Gasteiger partial charge >= 0.3 is 5.97 Å². The molecule has 1 heterocycles. The zero-order valence-electron chi connectivity index (χ0n) is 13.8. The van der Waals surface area contributed by atoms with Gasteiger partial charge in [0.1, 0.15) is 5.60 Å². The number of H-pyrrole nitrogens is 1. The van der Waals surface area contributed by atoms with Crippen LogP contribution in [0.25, 0.3) is 22.2 Å². The van der Waals surface area contributed by atoms with Gasteiger partial charge in [-0.3, -0.25) is 0 Å². The molecule has 4 nitrogen and oxygen atoms in total. The van der Waals surface area contributed by atoms with Crippen molar-refractivity contribution >= 4 is 34.2 Å². The Bertz CT molecular complexity index is 923. The monoisotopic (exact) mass is 342 g/mol. The van der Waals surface area contributed by atoms with Crippen LogP contribution in [0.15, 0.2) is 42.5 Å². The van der Waals surface area contributed by atoms with Crippen molar-refractivity contribution in [3.63, 3.8) is 0 Å². The molecule has 0 aliphatic rings. The van der Waals surface area contributed by atoms with E-state index >= 15 is 0 Å². The molecule has 0 fully saturated rings. The SMILES string of the molecule is CC(C)(C)OC(=O)c1ccc(-c2cc3cc(Cl)ccc3[nH]2)c(N)c1. The van der Waals surface area contributed by atoms with Crippen LogP contribution in [0.3, 0.4) is 0 Å². The van der Waals surface area contributed by atoms with Crippen molar-refractivity contribution in [2.24, 2.45) is 0 Å². The minimum Gasteiger partial charge on any atom is -0.456 e. The normalized spacial score (nSPS) is 11.7. The van der Waals surface area contributed by atoms with E-state index in [4.69, 9.17) is 22.1 Å². The molecule has 1 aromatic heterocycles. The molecule has 0 amide bonds. The van der Waals surface area contributed by atoms with Gasteiger partial charge in [-0.05, 0) is 63.2 Å². The fraction of sp³-hybridized carbons (Fsp3) is 0.211. The van der Waals surface area contributed by atoms with Crippen molar-refractivity contribution in [2.75, 3.05) is 5.73 Å². The standard InChI is InChI=1S/C19H19ClN2O2/c1-19(2,3)24-18(23)11-4-6-14(15(21)9-11)17-10-12-8-13(20)5-7-16(12)22-17/h4-10,22H,21H2,1-3H3. The molecule has 0 unspecified atom stereocenters. The Morgan fingerprint density at radius 3 is 2.54 bits per heavy atom. The van der Waals surface area contributed by atoms with Crippen LogP contribution in [0.4, 0.5) is 5.69 Å². The van der Waals surface area contributed by atoms with Gasteiger partial charge in [0, 0.05) is 32.9 Å². The molecule has 0 spiro atoms. The number of halogens is 1. The average Bonchev–Trinajstić information content (AvgIpc) is 2.87. The van der Waals surface area contributed by atoms with Gasteiger partial charge in [0.25, 0.3) is 0 Å². The Labute approximate surface area is 145 Å². The van der Waals surface area contributed by atoms with Crippen LogP contribution in [0.1, 0.15) is 31.1 Å². The lowest BCUT2D eigenvalue weighted by molar-refractivity contribution is 0.00696. The van der Waals surface area contributed by atoms with Gasteiger partial charge in [0.2, 0.25) is 0 Å². The molecular weight excluding hydrogens is 324 g/mol. The summed E-state index contributed by atoms with van der Waals surface area (Å²) in [6, 6.07) is 12.8. The Morgan fingerprint density at radius 2 is 1.88 bits per heavy atom. The topological polar surface area (TPSA) is 68.1 Å². The first kappa shape index (κ1) is 16.4. The number of nitrogens with two attached hydrogens (primary N) is 1. The summed E-state index contributed by atoms with van der Waals surface area (Å²) in [5.74, 6) is -0.385. The summed E-state index contributed by atoms with van der Waals surface area (Å²) in [5.41, 5.74) is 9.24. The number of fused-ring (bicyclic) bond motifs is 1. The Kier molecular flexibility index (Phi) is 4.01. The summed E-state index contributed by atoms with van der Waals surface area (Å²) in [5, 5.41) is 1.69. The lowest BCUT2D eigenvalue weighted by Gasteiger charge is -2.19. The maximum absolute atomic E-state index is 12.1. The molecule has 0 aliphatic carbocycles. The molecule has 0 bridgehead atoms. The number of carbonyl (C=O) groups excluding carboxylic acids is 1. The number of aromatic amines is 1. The maximum Gasteiger partial charge on any atom is 0.338 e. The number of nitrogen functional groups attached to an aromatic ring is 1. The third kappa shape index (κ3) is 3.39. The predicted molar refractivity (Wildman–Crippen MR) is 98.3 cm³/mol. The minimum absolute atomic E-state index is 0.385. The number of aromatic nitrogens is 1. The van der Waals surface area contributed by atoms with Gasteiger partial charge in [0.15, 0.2) is 0 Å². The molecule has 3 aromatic rings. The van der Waals surface area contributed by atoms with Gasteiger partial charge in [-0.15, -0.1) is 0 Å². The van der Waals surface area contributed by atoms with E-state index in [-0.39, 0.29) is 5.97 Å². The highest BCUT2D eigenvalue weighted by Gasteiger charge is 2.19. The van der Waals surface area contributed by atoms with Crippen LogP contribution in [0.2, 0.25) is 5.02 Å². The number of benzene rings is 2. The minimum atomic E-state index is -0.541. The number of rotatable bonds is 2. The van der Waals surface area contributed by atoms with E-state index in [1.54, 1.807) is 12.1 Å². The van der Waals surface area contributed by atoms with Crippen molar-refractivity contribution < 1.29 is 9.53 Å². The molecule has 0 aliphatic heterocycles. The molecule has 2 aromatic carbocycles. The van der Waals surface area contributed by atoms with Crippen LogP contribution in [-0.4, -0.2) is 16.6 Å². The largest absolute Gasteiger partial charge is 0.456 e. The number of hydrogen-bond acceptors (Lipinski definition) is 3. The second-order valence-corrected chi connectivity index (χ2v) is 7.15. The number of ether oxygens (including phenoxy) is 1. The van der Waals surface area contributed by atoms with Crippen molar-refractivity contribution in [1.82, 2.24) is 4.98 Å². The molecular formula is C19H19ClN2O2. The first-order chi connectivity index (χ1) is 11.2. The molecule has 24 heavy (non-hydrogen) atoms. The molecule has 0 saturated heterocycles. The Hall–Kier alpha value is -2.46. The van der Waals surface area contributed by atoms with E-state index in [9.17, 15) is 4.79 Å². The van der Waals surface area contributed by atoms with Crippen LogP contribution in [0, 0.1) is 0 Å². The van der Waals surface area contributed by atoms with Crippen LogP contribution in [0.5, 0.6) is 0 Å².